The van der Waals surface area contributed by atoms with E-state index in [0.29, 0.717) is 5.82 Å². The van der Waals surface area contributed by atoms with Crippen LogP contribution in [0.5, 0.6) is 5.75 Å². The van der Waals surface area contributed by atoms with Gasteiger partial charge in [0.05, 0.1) is 0 Å². The Hall–Kier alpha value is -4.08. The number of phenols is 1. The Balaban J connectivity index is 2.13. The smallest absolute Gasteiger partial charge is 0.339 e. The second-order valence-corrected chi connectivity index (χ2v) is 5.32. The largest absolute Gasteiger partial charge is 0.507 e. The number of azo groups is 1. The molecule has 10 heteroatoms. The van der Waals surface area contributed by atoms with Crippen molar-refractivity contribution < 1.29 is 24.9 Å². The van der Waals surface area contributed by atoms with E-state index in [-0.39, 0.29) is 33.7 Å². The summed E-state index contributed by atoms with van der Waals surface area (Å²) in [4.78, 5) is 30.4. The van der Waals surface area contributed by atoms with Crippen LogP contribution in [0.3, 0.4) is 0 Å². The Morgan fingerprint density at radius 3 is 2.59 bits per heavy atom. The standard InChI is InChI=1S/C17H13N5O5/c23-12-5-4-11(21-22-13-3-1-2-6-18-13)15-9(12)7-10(17(26)27)16(20-15)19-8-14(24)25/h1-7,23H,8H2,(H,19,20)(H,24,25)(H,26,27). The van der Waals surface area contributed by atoms with Gasteiger partial charge in [-0.25, -0.2) is 14.8 Å². The van der Waals surface area contributed by atoms with E-state index in [4.69, 9.17) is 5.11 Å². The van der Waals surface area contributed by atoms with Gasteiger partial charge in [0.25, 0.3) is 0 Å². The van der Waals surface area contributed by atoms with Crippen LogP contribution < -0.4 is 5.32 Å². The molecule has 0 radical (unpaired) electrons. The minimum absolute atomic E-state index is 0.144. The molecule has 0 bridgehead atoms. The average Bonchev–Trinajstić information content (AvgIpc) is 2.66. The molecule has 0 saturated carbocycles. The summed E-state index contributed by atoms with van der Waals surface area (Å²) in [6.45, 7) is -0.525. The summed E-state index contributed by atoms with van der Waals surface area (Å²) < 4.78 is 0. The van der Waals surface area contributed by atoms with Crippen molar-refractivity contribution in [1.82, 2.24) is 9.97 Å². The lowest BCUT2D eigenvalue weighted by atomic mass is 10.1. The van der Waals surface area contributed by atoms with Gasteiger partial charge in [-0.3, -0.25) is 4.79 Å². The van der Waals surface area contributed by atoms with Crippen LogP contribution in [0.4, 0.5) is 17.3 Å². The number of hydrogen-bond acceptors (Lipinski definition) is 8. The SMILES string of the molecule is O=C(O)CNc1nc2c(N=Nc3ccccn3)ccc(O)c2cc1C(=O)O. The lowest BCUT2D eigenvalue weighted by Gasteiger charge is -2.10. The van der Waals surface area contributed by atoms with E-state index in [9.17, 15) is 19.8 Å². The second-order valence-electron chi connectivity index (χ2n) is 5.32. The predicted octanol–water partition coefficient (Wildman–Crippen LogP) is 2.95. The number of hydrogen-bond donors (Lipinski definition) is 4. The number of carboxylic acids is 2. The molecule has 0 aliphatic rings. The summed E-state index contributed by atoms with van der Waals surface area (Å²) in [7, 11) is 0. The number of fused-ring (bicyclic) bond motifs is 1. The molecule has 3 rings (SSSR count). The molecular formula is C17H13N5O5. The second kappa shape index (κ2) is 7.44. The number of carboxylic acid groups (broad SMARTS) is 2. The fourth-order valence-corrected chi connectivity index (χ4v) is 2.29. The van der Waals surface area contributed by atoms with Crippen molar-refractivity contribution in [1.29, 1.82) is 0 Å². The van der Waals surface area contributed by atoms with Crippen molar-refractivity contribution >= 4 is 40.2 Å². The normalized spacial score (nSPS) is 11.0. The van der Waals surface area contributed by atoms with Crippen LogP contribution in [0.1, 0.15) is 10.4 Å². The average molecular weight is 367 g/mol. The Morgan fingerprint density at radius 2 is 1.93 bits per heavy atom. The molecule has 2 aromatic heterocycles. The number of benzene rings is 1. The Morgan fingerprint density at radius 1 is 1.11 bits per heavy atom. The van der Waals surface area contributed by atoms with E-state index >= 15 is 0 Å². The molecule has 0 unspecified atom stereocenters. The van der Waals surface area contributed by atoms with E-state index in [1.165, 1.54) is 18.2 Å². The van der Waals surface area contributed by atoms with E-state index in [1.54, 1.807) is 24.4 Å². The van der Waals surface area contributed by atoms with Crippen LogP contribution in [-0.4, -0.2) is 43.8 Å². The highest BCUT2D eigenvalue weighted by Crippen LogP contribution is 2.34. The maximum absolute atomic E-state index is 11.5. The number of nitrogens with one attached hydrogen (secondary N) is 1. The van der Waals surface area contributed by atoms with Crippen molar-refractivity contribution in [3.05, 3.63) is 48.2 Å². The highest BCUT2D eigenvalue weighted by atomic mass is 16.4. The van der Waals surface area contributed by atoms with Gasteiger partial charge in [-0.1, -0.05) is 6.07 Å². The quantitative estimate of drug-likeness (QED) is 0.484. The van der Waals surface area contributed by atoms with E-state index in [0.717, 1.165) is 0 Å². The highest BCUT2D eigenvalue weighted by molar-refractivity contribution is 6.02. The van der Waals surface area contributed by atoms with Crippen molar-refractivity contribution in [3.63, 3.8) is 0 Å². The Labute approximate surface area is 151 Å². The summed E-state index contributed by atoms with van der Waals surface area (Å²) in [6, 6.07) is 9.10. The molecule has 3 aromatic rings. The molecule has 0 spiro atoms. The third-order valence-corrected chi connectivity index (χ3v) is 3.49. The molecule has 1 aromatic carbocycles. The zero-order chi connectivity index (χ0) is 19.4. The van der Waals surface area contributed by atoms with Crippen molar-refractivity contribution in [2.24, 2.45) is 10.2 Å². The molecule has 136 valence electrons. The van der Waals surface area contributed by atoms with Crippen LogP contribution in [0, 0.1) is 0 Å². The van der Waals surface area contributed by atoms with Crippen LogP contribution in [0.2, 0.25) is 0 Å². The summed E-state index contributed by atoms with van der Waals surface area (Å²) in [5.41, 5.74) is 0.134. The van der Waals surface area contributed by atoms with Crippen LogP contribution in [0.25, 0.3) is 10.9 Å². The molecule has 0 saturated heterocycles. The van der Waals surface area contributed by atoms with Gasteiger partial charge >= 0.3 is 11.9 Å². The van der Waals surface area contributed by atoms with Gasteiger partial charge in [0.15, 0.2) is 5.82 Å². The first-order valence-electron chi connectivity index (χ1n) is 7.64. The first-order valence-corrected chi connectivity index (χ1v) is 7.64. The van der Waals surface area contributed by atoms with E-state index in [1.807, 2.05) is 0 Å². The van der Waals surface area contributed by atoms with E-state index in [2.05, 4.69) is 25.5 Å². The van der Waals surface area contributed by atoms with Crippen molar-refractivity contribution in [2.75, 3.05) is 11.9 Å². The fourth-order valence-electron chi connectivity index (χ4n) is 2.29. The molecule has 2 heterocycles. The predicted molar refractivity (Wildman–Crippen MR) is 94.9 cm³/mol. The number of anilines is 1. The minimum atomic E-state index is -1.32. The number of rotatable bonds is 6. The topological polar surface area (TPSA) is 157 Å². The van der Waals surface area contributed by atoms with Crippen LogP contribution in [-0.2, 0) is 4.79 Å². The zero-order valence-electron chi connectivity index (χ0n) is 13.7. The monoisotopic (exact) mass is 367 g/mol. The molecule has 4 N–H and O–H groups in total. The number of aromatic nitrogens is 2. The van der Waals surface area contributed by atoms with Crippen LogP contribution >= 0.6 is 0 Å². The third kappa shape index (κ3) is 3.95. The number of carbonyl (C=O) groups is 2. The lowest BCUT2D eigenvalue weighted by molar-refractivity contribution is -0.134. The maximum Gasteiger partial charge on any atom is 0.339 e. The molecular weight excluding hydrogens is 354 g/mol. The van der Waals surface area contributed by atoms with Gasteiger partial charge in [0.1, 0.15) is 34.9 Å². The fraction of sp³-hybridized carbons (Fsp3) is 0.0588. The molecule has 0 fully saturated rings. The number of phenolic OH excluding ortho intramolecular Hbond substituents is 1. The van der Waals surface area contributed by atoms with Gasteiger partial charge in [0, 0.05) is 11.6 Å². The Kier molecular flexibility index (Phi) is 4.88. The highest BCUT2D eigenvalue weighted by Gasteiger charge is 2.17. The lowest BCUT2D eigenvalue weighted by Crippen LogP contribution is -2.16. The number of aromatic carboxylic acids is 1. The third-order valence-electron chi connectivity index (χ3n) is 3.49. The first kappa shape index (κ1) is 17.7. The number of aromatic hydroxyl groups is 1. The summed E-state index contributed by atoms with van der Waals surface area (Å²) in [5.74, 6) is -2.50. The Bertz CT molecular complexity index is 1050. The summed E-state index contributed by atoms with van der Waals surface area (Å²) in [5, 5.41) is 38.8. The number of pyridine rings is 2. The van der Waals surface area contributed by atoms with Gasteiger partial charge in [-0.2, -0.15) is 0 Å². The van der Waals surface area contributed by atoms with Gasteiger partial charge in [-0.05, 0) is 30.3 Å². The number of nitrogens with zero attached hydrogens (tertiary/aromatic N) is 4. The molecule has 0 amide bonds. The van der Waals surface area contributed by atoms with Gasteiger partial charge in [0.2, 0.25) is 0 Å². The van der Waals surface area contributed by atoms with Crippen LogP contribution in [0.15, 0.2) is 52.8 Å². The van der Waals surface area contributed by atoms with Crippen molar-refractivity contribution in [2.45, 2.75) is 0 Å². The molecule has 0 aliphatic carbocycles. The first-order chi connectivity index (χ1) is 13.0. The van der Waals surface area contributed by atoms with Crippen molar-refractivity contribution in [3.8, 4) is 5.75 Å². The van der Waals surface area contributed by atoms with Gasteiger partial charge in [-0.15, -0.1) is 10.2 Å². The van der Waals surface area contributed by atoms with Gasteiger partial charge < -0.3 is 20.6 Å². The van der Waals surface area contributed by atoms with E-state index < -0.39 is 18.5 Å². The molecule has 0 aliphatic heterocycles. The molecule has 27 heavy (non-hydrogen) atoms. The summed E-state index contributed by atoms with van der Waals surface area (Å²) >= 11 is 0. The molecule has 0 atom stereocenters. The summed E-state index contributed by atoms with van der Waals surface area (Å²) in [6.07, 6.45) is 1.55. The number of aliphatic carboxylic acids is 1. The molecule has 10 nitrogen and oxygen atoms in total. The minimum Gasteiger partial charge on any atom is -0.507 e. The maximum atomic E-state index is 11.5. The zero-order valence-corrected chi connectivity index (χ0v) is 13.7.